The largest absolute Gasteiger partial charge is 0.634 e. The van der Waals surface area contributed by atoms with Crippen LogP contribution in [-0.2, 0) is 11.8 Å². The first kappa shape index (κ1) is 11.7. The lowest BCUT2D eigenvalue weighted by molar-refractivity contribution is -0.889. The van der Waals surface area contributed by atoms with Gasteiger partial charge in [0.15, 0.2) is 0 Å². The van der Waals surface area contributed by atoms with E-state index < -0.39 is 0 Å². The zero-order valence-electron chi connectivity index (χ0n) is 11.5. The van der Waals surface area contributed by atoms with E-state index in [1.54, 1.807) is 0 Å². The van der Waals surface area contributed by atoms with E-state index in [4.69, 9.17) is 0 Å². The van der Waals surface area contributed by atoms with Crippen LogP contribution < -0.4 is 5.06 Å². The molecule has 2 aliphatic carbocycles. The van der Waals surface area contributed by atoms with Crippen LogP contribution in [0.4, 0.5) is 0 Å². The van der Waals surface area contributed by atoms with Gasteiger partial charge in [0, 0.05) is 24.2 Å². The van der Waals surface area contributed by atoms with Gasteiger partial charge in [0.1, 0.15) is 0 Å². The number of rotatable bonds is 0. The van der Waals surface area contributed by atoms with Crippen LogP contribution in [0.3, 0.4) is 0 Å². The summed E-state index contributed by atoms with van der Waals surface area (Å²) >= 11 is 0. The number of hydroxylamine groups is 2. The van der Waals surface area contributed by atoms with Crippen molar-refractivity contribution in [2.45, 2.75) is 44.1 Å². The van der Waals surface area contributed by atoms with Gasteiger partial charge < -0.3 is 10.3 Å². The highest BCUT2D eigenvalue weighted by Gasteiger charge is 2.53. The number of fused-ring (bicyclic) bond motifs is 1. The second-order valence-electron chi connectivity index (χ2n) is 6.50. The Morgan fingerprint density at radius 2 is 2.26 bits per heavy atom. The molecular weight excluding hydrogens is 234 g/mol. The molecule has 0 saturated carbocycles. The Hall–Kier alpha value is -1.12. The summed E-state index contributed by atoms with van der Waals surface area (Å²) in [6.07, 6.45) is 9.15. The summed E-state index contributed by atoms with van der Waals surface area (Å²) in [5.74, 6) is 0.563. The number of nitrogens with one attached hydrogen (secondary N) is 1. The lowest BCUT2D eigenvalue weighted by Crippen LogP contribution is -3.15. The van der Waals surface area contributed by atoms with E-state index in [9.17, 15) is 5.21 Å². The third-order valence-electron chi connectivity index (χ3n) is 5.74. The van der Waals surface area contributed by atoms with Crippen LogP contribution in [-0.4, -0.2) is 12.6 Å². The van der Waals surface area contributed by atoms with E-state index >= 15 is 0 Å². The first-order valence-electron chi connectivity index (χ1n) is 7.52. The molecule has 3 aliphatic rings. The highest BCUT2D eigenvalue weighted by atomic mass is 16.5. The van der Waals surface area contributed by atoms with Crippen molar-refractivity contribution in [3.8, 4) is 0 Å². The smallest absolute Gasteiger partial charge is 0.0953 e. The molecule has 1 heterocycles. The minimum Gasteiger partial charge on any atom is -0.634 e. The molecule has 1 aromatic carbocycles. The molecule has 1 N–H and O–H groups in total. The zero-order valence-corrected chi connectivity index (χ0v) is 11.5. The number of aryl methyl sites for hydroxylation is 1. The van der Waals surface area contributed by atoms with E-state index in [2.05, 4.69) is 37.3 Å². The minimum atomic E-state index is 0.177. The van der Waals surface area contributed by atoms with Crippen molar-refractivity contribution < 1.29 is 5.06 Å². The van der Waals surface area contributed by atoms with E-state index in [1.807, 2.05) is 0 Å². The Balaban J connectivity index is 1.97. The lowest BCUT2D eigenvalue weighted by atomic mass is 9.54. The molecule has 0 radical (unpaired) electrons. The van der Waals surface area contributed by atoms with Crippen LogP contribution in [0.25, 0.3) is 0 Å². The van der Waals surface area contributed by atoms with Gasteiger partial charge in [0.2, 0.25) is 0 Å². The fourth-order valence-corrected chi connectivity index (χ4v) is 4.83. The molecule has 1 saturated heterocycles. The molecule has 19 heavy (non-hydrogen) atoms. The maximum atomic E-state index is 12.4. The minimum absolute atomic E-state index is 0.177. The summed E-state index contributed by atoms with van der Waals surface area (Å²) < 4.78 is 0. The van der Waals surface area contributed by atoms with Gasteiger partial charge in [0.25, 0.3) is 0 Å². The van der Waals surface area contributed by atoms with Gasteiger partial charge in [-0.25, -0.2) is 0 Å². The fourth-order valence-electron chi connectivity index (χ4n) is 4.83. The molecule has 2 nitrogen and oxygen atoms in total. The third kappa shape index (κ3) is 1.44. The summed E-state index contributed by atoms with van der Waals surface area (Å²) in [6, 6.07) is 6.99. The molecule has 1 aliphatic heterocycles. The van der Waals surface area contributed by atoms with Crippen LogP contribution in [0.1, 0.15) is 36.0 Å². The molecule has 1 unspecified atom stereocenters. The highest BCUT2D eigenvalue weighted by molar-refractivity contribution is 5.47. The summed E-state index contributed by atoms with van der Waals surface area (Å²) in [5, 5.41) is 12.9. The maximum Gasteiger partial charge on any atom is 0.0953 e. The van der Waals surface area contributed by atoms with Gasteiger partial charge in [-0.15, -0.1) is 0 Å². The van der Waals surface area contributed by atoms with E-state index in [0.29, 0.717) is 11.0 Å². The molecule has 1 fully saturated rings. The number of hydrogen-bond donors (Lipinski definition) is 1. The highest BCUT2D eigenvalue weighted by Crippen LogP contribution is 2.50. The van der Waals surface area contributed by atoms with Crippen LogP contribution in [0.2, 0.25) is 0 Å². The summed E-state index contributed by atoms with van der Waals surface area (Å²) in [7, 11) is 0. The van der Waals surface area contributed by atoms with Crippen molar-refractivity contribution in [1.29, 1.82) is 0 Å². The van der Waals surface area contributed by atoms with Crippen molar-refractivity contribution in [2.75, 3.05) is 6.54 Å². The third-order valence-corrected chi connectivity index (χ3v) is 5.74. The number of quaternary nitrogens is 1. The Kier molecular flexibility index (Phi) is 2.42. The van der Waals surface area contributed by atoms with Crippen LogP contribution in [0.5, 0.6) is 0 Å². The molecule has 0 spiro atoms. The predicted molar refractivity (Wildman–Crippen MR) is 76.0 cm³/mol. The Labute approximate surface area is 114 Å². The second kappa shape index (κ2) is 3.94. The van der Waals surface area contributed by atoms with E-state index in [0.717, 1.165) is 25.8 Å². The Morgan fingerprint density at radius 3 is 3.16 bits per heavy atom. The maximum absolute atomic E-state index is 12.4. The average molecular weight is 255 g/mol. The van der Waals surface area contributed by atoms with Crippen molar-refractivity contribution in [1.82, 2.24) is 0 Å². The van der Waals surface area contributed by atoms with E-state index in [-0.39, 0.29) is 11.5 Å². The first-order valence-corrected chi connectivity index (χ1v) is 7.52. The van der Waals surface area contributed by atoms with Gasteiger partial charge in [-0.05, 0) is 36.5 Å². The summed E-state index contributed by atoms with van der Waals surface area (Å²) in [4.78, 5) is 0. The zero-order chi connectivity index (χ0) is 13.0. The molecule has 2 bridgehead atoms. The van der Waals surface area contributed by atoms with Gasteiger partial charge >= 0.3 is 0 Å². The number of allylic oxidation sites excluding steroid dienone is 2. The molecule has 1 aromatic rings. The van der Waals surface area contributed by atoms with Crippen molar-refractivity contribution in [3.63, 3.8) is 0 Å². The number of benzene rings is 1. The molecule has 0 amide bonds. The fraction of sp³-hybridized carbons (Fsp3) is 0.529. The van der Waals surface area contributed by atoms with Crippen LogP contribution >= 0.6 is 0 Å². The molecule has 2 heteroatoms. The second-order valence-corrected chi connectivity index (χ2v) is 6.50. The van der Waals surface area contributed by atoms with Gasteiger partial charge in [-0.3, -0.25) is 0 Å². The molecular formula is C17H21NO. The standard InChI is InChI=1S/C17H21NO/c1-12-5-4-7-14-13(12)11-16-15-6-2-3-8-17(14,15)9-10-18(16)19/h3-5,7-8,15-16,18H,2,6,9-11H2,1H3/t15-,16+,17-/m0/s1. The molecule has 4 atom stereocenters. The normalized spacial score (nSPS) is 39.6. The average Bonchev–Trinajstić information content (AvgIpc) is 2.44. The van der Waals surface area contributed by atoms with Gasteiger partial charge in [-0.2, -0.15) is 0 Å². The van der Waals surface area contributed by atoms with Crippen molar-refractivity contribution in [2.24, 2.45) is 5.92 Å². The molecule has 0 aromatic heterocycles. The van der Waals surface area contributed by atoms with Crippen molar-refractivity contribution >= 4 is 0 Å². The topological polar surface area (TPSA) is 27.5 Å². The lowest BCUT2D eigenvalue weighted by Gasteiger charge is -2.56. The monoisotopic (exact) mass is 255 g/mol. The van der Waals surface area contributed by atoms with Crippen molar-refractivity contribution in [3.05, 3.63) is 52.2 Å². The Morgan fingerprint density at radius 1 is 1.37 bits per heavy atom. The van der Waals surface area contributed by atoms with Crippen LogP contribution in [0, 0.1) is 18.0 Å². The van der Waals surface area contributed by atoms with E-state index in [1.165, 1.54) is 23.1 Å². The summed E-state index contributed by atoms with van der Waals surface area (Å²) in [5.41, 5.74) is 4.53. The quantitative estimate of drug-likeness (QED) is 0.556. The Bertz CT molecular complexity index is 550. The first-order chi connectivity index (χ1) is 9.22. The SMILES string of the molecule is Cc1cccc2c1C[C@@H]1[C@@H]3CCC=C[C@]23CC[NH+]1[O-]. The van der Waals surface area contributed by atoms with Gasteiger partial charge in [0.05, 0.1) is 12.6 Å². The predicted octanol–water partition coefficient (Wildman–Crippen LogP) is 1.91. The number of hydrogen-bond acceptors (Lipinski definition) is 1. The van der Waals surface area contributed by atoms with Crippen LogP contribution in [0.15, 0.2) is 30.4 Å². The number of piperidine rings is 1. The molecule has 100 valence electrons. The summed E-state index contributed by atoms with van der Waals surface area (Å²) in [6.45, 7) is 2.97. The van der Waals surface area contributed by atoms with Gasteiger partial charge in [-0.1, -0.05) is 30.4 Å². The molecule has 4 rings (SSSR count).